The van der Waals surface area contributed by atoms with Crippen LogP contribution in [0.5, 0.6) is 0 Å². The summed E-state index contributed by atoms with van der Waals surface area (Å²) in [5, 5.41) is 9.07. The summed E-state index contributed by atoms with van der Waals surface area (Å²) in [5.41, 5.74) is 1.13. The number of hydrogen-bond acceptors (Lipinski definition) is 3. The summed E-state index contributed by atoms with van der Waals surface area (Å²) in [4.78, 5) is 15.5. The third kappa shape index (κ3) is 3.07. The van der Waals surface area contributed by atoms with E-state index in [9.17, 15) is 4.79 Å². The van der Waals surface area contributed by atoms with Gasteiger partial charge in [-0.25, -0.2) is 0 Å². The van der Waals surface area contributed by atoms with Crippen molar-refractivity contribution in [2.45, 2.75) is 31.8 Å². The summed E-state index contributed by atoms with van der Waals surface area (Å²) < 4.78 is 0. The Bertz CT molecular complexity index is 445. The molecular formula is C15H22N2O2. The number of hydrogen-bond donors (Lipinski definition) is 1. The van der Waals surface area contributed by atoms with E-state index in [-0.39, 0.29) is 18.0 Å². The highest BCUT2D eigenvalue weighted by molar-refractivity contribution is 5.68. The molecule has 104 valence electrons. The fourth-order valence-corrected chi connectivity index (χ4v) is 2.75. The average molecular weight is 262 g/mol. The smallest absolute Gasteiger partial charge is 0.305 e. The molecule has 1 saturated heterocycles. The molecule has 0 spiro atoms. The Morgan fingerprint density at radius 1 is 1.37 bits per heavy atom. The zero-order valence-electron chi connectivity index (χ0n) is 11.8. The minimum Gasteiger partial charge on any atom is -0.481 e. The van der Waals surface area contributed by atoms with Crippen LogP contribution in [0.4, 0.5) is 5.69 Å². The molecule has 1 heterocycles. The summed E-state index contributed by atoms with van der Waals surface area (Å²) in [6.45, 7) is 5.99. The van der Waals surface area contributed by atoms with Crippen LogP contribution in [0, 0.1) is 0 Å². The molecule has 1 aromatic rings. The molecule has 1 unspecified atom stereocenters. The van der Waals surface area contributed by atoms with Gasteiger partial charge in [-0.15, -0.1) is 0 Å². The third-order valence-electron chi connectivity index (χ3n) is 4.04. The van der Waals surface area contributed by atoms with Gasteiger partial charge in [-0.1, -0.05) is 18.2 Å². The highest BCUT2D eigenvalue weighted by Gasteiger charge is 2.38. The average Bonchev–Trinajstić information content (AvgIpc) is 2.35. The lowest BCUT2D eigenvalue weighted by molar-refractivity contribution is -0.139. The zero-order chi connectivity index (χ0) is 14.0. The molecule has 2 rings (SSSR count). The second kappa shape index (κ2) is 5.21. The second-order valence-electron chi connectivity index (χ2n) is 5.89. The van der Waals surface area contributed by atoms with Gasteiger partial charge in [0.2, 0.25) is 0 Å². The number of rotatable bonds is 3. The third-order valence-corrected chi connectivity index (χ3v) is 4.04. The van der Waals surface area contributed by atoms with E-state index in [0.717, 1.165) is 13.1 Å². The maximum absolute atomic E-state index is 11.0. The maximum Gasteiger partial charge on any atom is 0.305 e. The summed E-state index contributed by atoms with van der Waals surface area (Å²) in [6.07, 6.45) is 0.184. The molecule has 1 aromatic carbocycles. The first kappa shape index (κ1) is 13.9. The molecule has 1 N–H and O–H groups in total. The minimum absolute atomic E-state index is 0.0335. The number of carboxylic acids is 1. The summed E-state index contributed by atoms with van der Waals surface area (Å²) in [6, 6.07) is 10.2. The number of para-hydroxylation sites is 1. The van der Waals surface area contributed by atoms with Gasteiger partial charge in [-0.3, -0.25) is 9.69 Å². The van der Waals surface area contributed by atoms with Crippen molar-refractivity contribution in [3.63, 3.8) is 0 Å². The largest absolute Gasteiger partial charge is 0.481 e. The molecule has 1 atom stereocenters. The highest BCUT2D eigenvalue weighted by atomic mass is 16.4. The van der Waals surface area contributed by atoms with Crippen molar-refractivity contribution in [3.8, 4) is 0 Å². The number of likely N-dealkylation sites (N-methyl/N-ethyl adjacent to an activating group) is 1. The van der Waals surface area contributed by atoms with Crippen LogP contribution in [-0.2, 0) is 4.79 Å². The van der Waals surface area contributed by atoms with Crippen molar-refractivity contribution >= 4 is 11.7 Å². The number of piperazine rings is 1. The highest BCUT2D eigenvalue weighted by Crippen LogP contribution is 2.28. The number of anilines is 1. The number of carbonyl (C=O) groups is 1. The topological polar surface area (TPSA) is 43.8 Å². The van der Waals surface area contributed by atoms with Gasteiger partial charge >= 0.3 is 5.97 Å². The molecule has 19 heavy (non-hydrogen) atoms. The van der Waals surface area contributed by atoms with Crippen LogP contribution >= 0.6 is 0 Å². The lowest BCUT2D eigenvalue weighted by atomic mass is 9.94. The molecule has 4 heteroatoms. The molecular weight excluding hydrogens is 240 g/mol. The maximum atomic E-state index is 11.0. The van der Waals surface area contributed by atoms with E-state index >= 15 is 0 Å². The van der Waals surface area contributed by atoms with Crippen molar-refractivity contribution in [1.82, 2.24) is 4.90 Å². The first-order chi connectivity index (χ1) is 8.90. The summed E-state index contributed by atoms with van der Waals surface area (Å²) in [7, 11) is 2.02. The fourth-order valence-electron chi connectivity index (χ4n) is 2.75. The van der Waals surface area contributed by atoms with Gasteiger partial charge < -0.3 is 10.0 Å². The van der Waals surface area contributed by atoms with Crippen LogP contribution < -0.4 is 4.90 Å². The van der Waals surface area contributed by atoms with Gasteiger partial charge in [-0.2, -0.15) is 0 Å². The van der Waals surface area contributed by atoms with Crippen molar-refractivity contribution < 1.29 is 9.90 Å². The van der Waals surface area contributed by atoms with E-state index in [0.29, 0.717) is 0 Å². The number of nitrogens with zero attached hydrogens (tertiary/aromatic N) is 2. The van der Waals surface area contributed by atoms with Gasteiger partial charge in [-0.05, 0) is 33.0 Å². The van der Waals surface area contributed by atoms with Crippen LogP contribution in [-0.4, -0.2) is 47.7 Å². The predicted molar refractivity (Wildman–Crippen MR) is 76.5 cm³/mol. The molecule has 0 aliphatic carbocycles. The van der Waals surface area contributed by atoms with E-state index in [4.69, 9.17) is 5.11 Å². The lowest BCUT2D eigenvalue weighted by Gasteiger charge is -2.50. The van der Waals surface area contributed by atoms with Crippen LogP contribution in [0.2, 0.25) is 0 Å². The van der Waals surface area contributed by atoms with Crippen LogP contribution in [0.15, 0.2) is 30.3 Å². The Balaban J connectivity index is 2.21. The Kier molecular flexibility index (Phi) is 3.80. The molecule has 1 aliphatic heterocycles. The molecule has 0 bridgehead atoms. The standard InChI is InChI=1S/C15H22N2O2/c1-15(2)11-17(12-7-5-4-6-8-12)10-13(16(15)3)9-14(18)19/h4-8,13H,9-11H2,1-3H3,(H,18,19). The Hall–Kier alpha value is -1.55. The van der Waals surface area contributed by atoms with E-state index in [1.807, 2.05) is 25.2 Å². The number of carboxylic acid groups (broad SMARTS) is 1. The van der Waals surface area contributed by atoms with Gasteiger partial charge in [0.05, 0.1) is 6.42 Å². The van der Waals surface area contributed by atoms with Gasteiger partial charge in [0.25, 0.3) is 0 Å². The van der Waals surface area contributed by atoms with Crippen molar-refractivity contribution in [2.24, 2.45) is 0 Å². The molecule has 0 radical (unpaired) electrons. The normalized spacial score (nSPS) is 23.3. The number of benzene rings is 1. The monoisotopic (exact) mass is 262 g/mol. The fraction of sp³-hybridized carbons (Fsp3) is 0.533. The van der Waals surface area contributed by atoms with Gasteiger partial charge in [0, 0.05) is 30.4 Å². The quantitative estimate of drug-likeness (QED) is 0.905. The minimum atomic E-state index is -0.734. The lowest BCUT2D eigenvalue weighted by Crippen LogP contribution is -2.63. The van der Waals surface area contributed by atoms with Crippen LogP contribution in [0.25, 0.3) is 0 Å². The molecule has 0 saturated carbocycles. The van der Waals surface area contributed by atoms with Crippen molar-refractivity contribution in [2.75, 3.05) is 25.0 Å². The Labute approximate surface area is 114 Å². The SMILES string of the molecule is CN1C(CC(=O)O)CN(c2ccccc2)CC1(C)C. The summed E-state index contributed by atoms with van der Waals surface area (Å²) in [5.74, 6) is -0.734. The van der Waals surface area contributed by atoms with Crippen LogP contribution in [0.3, 0.4) is 0 Å². The van der Waals surface area contributed by atoms with Crippen molar-refractivity contribution in [1.29, 1.82) is 0 Å². The second-order valence-corrected chi connectivity index (χ2v) is 5.89. The van der Waals surface area contributed by atoms with Gasteiger partial charge in [0.15, 0.2) is 0 Å². The Morgan fingerprint density at radius 2 is 2.00 bits per heavy atom. The molecule has 0 aromatic heterocycles. The van der Waals surface area contributed by atoms with Crippen molar-refractivity contribution in [3.05, 3.63) is 30.3 Å². The van der Waals surface area contributed by atoms with Crippen LogP contribution in [0.1, 0.15) is 20.3 Å². The molecule has 1 fully saturated rings. The number of aliphatic carboxylic acids is 1. The summed E-state index contributed by atoms with van der Waals surface area (Å²) >= 11 is 0. The zero-order valence-corrected chi connectivity index (χ0v) is 11.8. The van der Waals surface area contributed by atoms with E-state index in [1.165, 1.54) is 5.69 Å². The van der Waals surface area contributed by atoms with Gasteiger partial charge in [0.1, 0.15) is 0 Å². The predicted octanol–water partition coefficient (Wildman–Crippen LogP) is 2.06. The van der Waals surface area contributed by atoms with E-state index in [1.54, 1.807) is 0 Å². The first-order valence-electron chi connectivity index (χ1n) is 6.65. The van der Waals surface area contributed by atoms with E-state index < -0.39 is 5.97 Å². The van der Waals surface area contributed by atoms with E-state index in [2.05, 4.69) is 35.8 Å². The Morgan fingerprint density at radius 3 is 2.58 bits per heavy atom. The molecule has 4 nitrogen and oxygen atoms in total. The molecule has 1 aliphatic rings. The molecule has 0 amide bonds. The first-order valence-corrected chi connectivity index (χ1v) is 6.65.